The number of hydrogen-bond acceptors (Lipinski definition) is 3. The van der Waals surface area contributed by atoms with Crippen molar-refractivity contribution in [1.82, 2.24) is 4.90 Å². The summed E-state index contributed by atoms with van der Waals surface area (Å²) in [4.78, 5) is 27.1. The van der Waals surface area contributed by atoms with E-state index in [-0.39, 0.29) is 17.7 Å². The van der Waals surface area contributed by atoms with Crippen molar-refractivity contribution in [2.45, 2.75) is 45.6 Å². The number of rotatable bonds is 5. The minimum absolute atomic E-state index is 0.0334. The fourth-order valence-electron chi connectivity index (χ4n) is 3.25. The van der Waals surface area contributed by atoms with Gasteiger partial charge in [-0.1, -0.05) is 12.1 Å². The van der Waals surface area contributed by atoms with E-state index < -0.39 is 0 Å². The molecular weight excluding hydrogens is 302 g/mol. The van der Waals surface area contributed by atoms with E-state index >= 15 is 0 Å². The summed E-state index contributed by atoms with van der Waals surface area (Å²) in [6, 6.07) is 9.14. The van der Waals surface area contributed by atoms with E-state index in [4.69, 9.17) is 4.42 Å². The number of amides is 1. The Kier molecular flexibility index (Phi) is 4.84. The lowest BCUT2D eigenvalue weighted by atomic mass is 9.98. The van der Waals surface area contributed by atoms with Gasteiger partial charge in [-0.15, -0.1) is 0 Å². The van der Waals surface area contributed by atoms with Gasteiger partial charge < -0.3 is 9.32 Å². The molecule has 1 unspecified atom stereocenters. The van der Waals surface area contributed by atoms with Gasteiger partial charge in [0.05, 0.1) is 12.3 Å². The molecular formula is C20H23NO3. The fourth-order valence-corrected chi connectivity index (χ4v) is 3.25. The normalized spacial score (nSPS) is 17.2. The Bertz CT molecular complexity index is 733. The van der Waals surface area contributed by atoms with E-state index in [9.17, 15) is 9.59 Å². The highest BCUT2D eigenvalue weighted by Crippen LogP contribution is 2.23. The van der Waals surface area contributed by atoms with Crippen LogP contribution in [0.4, 0.5) is 0 Å². The van der Waals surface area contributed by atoms with Crippen LogP contribution in [0, 0.1) is 13.8 Å². The first-order valence-corrected chi connectivity index (χ1v) is 8.49. The Morgan fingerprint density at radius 2 is 2.04 bits per heavy atom. The van der Waals surface area contributed by atoms with Gasteiger partial charge in [0.2, 0.25) is 5.91 Å². The number of Topliss-reactive ketones (excluding diaryl/α,β-unsaturated/α-hetero) is 1. The van der Waals surface area contributed by atoms with Crippen LogP contribution in [-0.4, -0.2) is 29.2 Å². The number of carbonyl (C=O) groups is 2. The zero-order valence-electron chi connectivity index (χ0n) is 14.2. The highest BCUT2D eigenvalue weighted by atomic mass is 16.3. The highest BCUT2D eigenvalue weighted by Gasteiger charge is 2.34. The summed E-state index contributed by atoms with van der Waals surface area (Å²) in [7, 11) is 0. The van der Waals surface area contributed by atoms with Gasteiger partial charge in [0.25, 0.3) is 0 Å². The molecule has 1 aliphatic rings. The van der Waals surface area contributed by atoms with Crippen LogP contribution in [0.5, 0.6) is 0 Å². The molecule has 0 spiro atoms. The van der Waals surface area contributed by atoms with Crippen molar-refractivity contribution in [3.63, 3.8) is 0 Å². The third-order valence-electron chi connectivity index (χ3n) is 4.83. The maximum absolute atomic E-state index is 12.8. The summed E-state index contributed by atoms with van der Waals surface area (Å²) in [5.74, 6) is 0.896. The van der Waals surface area contributed by atoms with Gasteiger partial charge in [-0.25, -0.2) is 0 Å². The van der Waals surface area contributed by atoms with Crippen LogP contribution in [0.3, 0.4) is 0 Å². The molecule has 0 aliphatic carbocycles. The van der Waals surface area contributed by atoms with Crippen molar-refractivity contribution in [1.29, 1.82) is 0 Å². The second kappa shape index (κ2) is 7.04. The summed E-state index contributed by atoms with van der Waals surface area (Å²) in [6.45, 7) is 4.70. The molecule has 24 heavy (non-hydrogen) atoms. The van der Waals surface area contributed by atoms with Gasteiger partial charge in [0.1, 0.15) is 5.76 Å². The molecule has 1 aromatic heterocycles. The second-order valence-electron chi connectivity index (χ2n) is 6.49. The van der Waals surface area contributed by atoms with E-state index in [0.29, 0.717) is 24.9 Å². The molecule has 4 heteroatoms. The molecule has 0 bridgehead atoms. The quantitative estimate of drug-likeness (QED) is 0.788. The van der Waals surface area contributed by atoms with Crippen LogP contribution >= 0.6 is 0 Å². The van der Waals surface area contributed by atoms with Crippen LogP contribution in [0.1, 0.15) is 46.5 Å². The number of benzene rings is 1. The Hall–Kier alpha value is -2.36. The minimum atomic E-state index is -0.323. The van der Waals surface area contributed by atoms with Crippen molar-refractivity contribution < 1.29 is 14.0 Å². The molecule has 0 saturated carbocycles. The Balaban J connectivity index is 1.68. The lowest BCUT2D eigenvalue weighted by molar-refractivity contribution is -0.131. The van der Waals surface area contributed by atoms with Gasteiger partial charge >= 0.3 is 0 Å². The summed E-state index contributed by atoms with van der Waals surface area (Å²) in [6.07, 6.45) is 4.20. The Morgan fingerprint density at radius 3 is 2.75 bits per heavy atom. The van der Waals surface area contributed by atoms with Crippen molar-refractivity contribution in [3.8, 4) is 0 Å². The van der Waals surface area contributed by atoms with Gasteiger partial charge in [0.15, 0.2) is 5.78 Å². The Morgan fingerprint density at radius 1 is 1.21 bits per heavy atom. The van der Waals surface area contributed by atoms with Gasteiger partial charge in [-0.05, 0) is 56.0 Å². The third kappa shape index (κ3) is 3.42. The molecule has 0 N–H and O–H groups in total. The van der Waals surface area contributed by atoms with Crippen LogP contribution in [0.25, 0.3) is 0 Å². The molecule has 2 aromatic rings. The predicted molar refractivity (Wildman–Crippen MR) is 92.0 cm³/mol. The standard InChI is InChI=1S/C20H23NO3/c1-14-7-8-16(13-15(14)2)20(23)18-6-3-11-21(18)19(22)10-9-17-5-4-12-24-17/h4-5,7-8,12-13,18H,3,6,9-11H2,1-2H3. The molecule has 4 nitrogen and oxygen atoms in total. The average Bonchev–Trinajstić information content (AvgIpc) is 3.26. The molecule has 1 saturated heterocycles. The molecule has 2 heterocycles. The molecule has 3 rings (SSSR count). The first-order valence-electron chi connectivity index (χ1n) is 8.49. The molecule has 1 atom stereocenters. The number of nitrogens with zero attached hydrogens (tertiary/aromatic N) is 1. The summed E-state index contributed by atoms with van der Waals surface area (Å²) < 4.78 is 5.28. The SMILES string of the molecule is Cc1ccc(C(=O)C2CCCN2C(=O)CCc2ccco2)cc1C. The second-order valence-corrected chi connectivity index (χ2v) is 6.49. The van der Waals surface area contributed by atoms with Crippen molar-refractivity contribution in [3.05, 3.63) is 59.0 Å². The zero-order valence-corrected chi connectivity index (χ0v) is 14.2. The first kappa shape index (κ1) is 16.5. The molecule has 1 aromatic carbocycles. The topological polar surface area (TPSA) is 50.5 Å². The lowest BCUT2D eigenvalue weighted by Gasteiger charge is -2.24. The van der Waals surface area contributed by atoms with E-state index in [0.717, 1.165) is 24.2 Å². The number of furan rings is 1. The molecule has 1 aliphatic heterocycles. The van der Waals surface area contributed by atoms with Crippen LogP contribution in [-0.2, 0) is 11.2 Å². The number of ketones is 1. The van der Waals surface area contributed by atoms with Crippen molar-refractivity contribution in [2.75, 3.05) is 6.54 Å². The lowest BCUT2D eigenvalue weighted by Crippen LogP contribution is -2.40. The zero-order chi connectivity index (χ0) is 17.1. The van der Waals surface area contributed by atoms with Crippen LogP contribution in [0.2, 0.25) is 0 Å². The van der Waals surface area contributed by atoms with E-state index in [1.807, 2.05) is 44.2 Å². The monoisotopic (exact) mass is 325 g/mol. The molecule has 0 radical (unpaired) electrons. The predicted octanol–water partition coefficient (Wildman–Crippen LogP) is 3.70. The van der Waals surface area contributed by atoms with E-state index in [1.54, 1.807) is 11.2 Å². The van der Waals surface area contributed by atoms with Gasteiger partial charge in [-0.3, -0.25) is 9.59 Å². The minimum Gasteiger partial charge on any atom is -0.469 e. The van der Waals surface area contributed by atoms with Gasteiger partial charge in [0, 0.05) is 24.9 Å². The fraction of sp³-hybridized carbons (Fsp3) is 0.400. The van der Waals surface area contributed by atoms with Crippen molar-refractivity contribution >= 4 is 11.7 Å². The van der Waals surface area contributed by atoms with E-state index in [1.165, 1.54) is 5.56 Å². The van der Waals surface area contributed by atoms with Gasteiger partial charge in [-0.2, -0.15) is 0 Å². The molecule has 126 valence electrons. The number of likely N-dealkylation sites (tertiary alicyclic amines) is 1. The highest BCUT2D eigenvalue weighted by molar-refractivity contribution is 6.02. The summed E-state index contributed by atoms with van der Waals surface area (Å²) in [5.41, 5.74) is 2.98. The van der Waals surface area contributed by atoms with Crippen LogP contribution < -0.4 is 0 Å². The third-order valence-corrected chi connectivity index (χ3v) is 4.83. The van der Waals surface area contributed by atoms with Crippen LogP contribution in [0.15, 0.2) is 41.0 Å². The maximum atomic E-state index is 12.8. The largest absolute Gasteiger partial charge is 0.469 e. The van der Waals surface area contributed by atoms with Crippen molar-refractivity contribution in [2.24, 2.45) is 0 Å². The summed E-state index contributed by atoms with van der Waals surface area (Å²) >= 11 is 0. The smallest absolute Gasteiger partial charge is 0.223 e. The molecule has 1 amide bonds. The first-order chi connectivity index (χ1) is 11.6. The number of carbonyl (C=O) groups excluding carboxylic acids is 2. The average molecular weight is 325 g/mol. The number of aryl methyl sites for hydroxylation is 3. The van der Waals surface area contributed by atoms with E-state index in [2.05, 4.69) is 0 Å². The summed E-state index contributed by atoms with van der Waals surface area (Å²) in [5, 5.41) is 0. The Labute approximate surface area is 142 Å². The number of hydrogen-bond donors (Lipinski definition) is 0. The molecule has 1 fully saturated rings. The maximum Gasteiger partial charge on any atom is 0.223 e.